The van der Waals surface area contributed by atoms with Crippen LogP contribution in [0, 0.1) is 0 Å². The van der Waals surface area contributed by atoms with E-state index in [2.05, 4.69) is 16.9 Å². The quantitative estimate of drug-likeness (QED) is 0.726. The Kier molecular flexibility index (Phi) is 4.14. The molecular formula is C20H21ClN2O2S. The molecule has 2 atom stereocenters. The summed E-state index contributed by atoms with van der Waals surface area (Å²) in [5, 5.41) is 4.76. The van der Waals surface area contributed by atoms with Crippen LogP contribution in [0.2, 0.25) is 0 Å². The van der Waals surface area contributed by atoms with Gasteiger partial charge in [-0.15, -0.1) is 12.4 Å². The maximum atomic E-state index is 13.0. The predicted molar refractivity (Wildman–Crippen MR) is 105 cm³/mol. The molecule has 0 aliphatic carbocycles. The molecule has 1 saturated heterocycles. The van der Waals surface area contributed by atoms with Crippen molar-refractivity contribution in [2.75, 3.05) is 0 Å². The minimum Gasteiger partial charge on any atom is -0.347 e. The van der Waals surface area contributed by atoms with Crippen LogP contribution in [0.3, 0.4) is 0 Å². The number of fused-ring (bicyclic) bond motifs is 6. The summed E-state index contributed by atoms with van der Waals surface area (Å²) >= 11 is 0. The van der Waals surface area contributed by atoms with E-state index in [-0.39, 0.29) is 12.4 Å². The topological polar surface area (TPSA) is 51.1 Å². The van der Waals surface area contributed by atoms with E-state index in [1.807, 2.05) is 18.2 Å². The third kappa shape index (κ3) is 2.42. The van der Waals surface area contributed by atoms with E-state index >= 15 is 0 Å². The zero-order chi connectivity index (χ0) is 17.2. The first-order chi connectivity index (χ1) is 12.1. The highest BCUT2D eigenvalue weighted by Crippen LogP contribution is 2.42. The van der Waals surface area contributed by atoms with Gasteiger partial charge in [-0.05, 0) is 48.7 Å². The van der Waals surface area contributed by atoms with Gasteiger partial charge in [-0.25, -0.2) is 8.42 Å². The lowest BCUT2D eigenvalue weighted by Gasteiger charge is -2.23. The standard InChI is InChI=1S/C20H20N2O2S.ClH/c1-22-18-10-8-15(25(23,24)14-5-3-2-4-6-14)12-16(18)20-17-9-7-13(21-17)11-19(20)22;/h2-6,8,10,12-13,17,21H,7,9,11H2,1H3;1H. The first-order valence-corrected chi connectivity index (χ1v) is 10.2. The summed E-state index contributed by atoms with van der Waals surface area (Å²) in [7, 11) is -1.40. The lowest BCUT2D eigenvalue weighted by Crippen LogP contribution is -2.32. The van der Waals surface area contributed by atoms with Crippen molar-refractivity contribution in [3.63, 3.8) is 0 Å². The van der Waals surface area contributed by atoms with Crippen LogP contribution in [-0.2, 0) is 23.3 Å². The van der Waals surface area contributed by atoms with Crippen LogP contribution in [0.4, 0.5) is 0 Å². The highest BCUT2D eigenvalue weighted by Gasteiger charge is 2.36. The van der Waals surface area contributed by atoms with Crippen molar-refractivity contribution in [2.24, 2.45) is 7.05 Å². The van der Waals surface area contributed by atoms with Crippen molar-refractivity contribution in [3.05, 3.63) is 59.8 Å². The lowest BCUT2D eigenvalue weighted by molar-refractivity contribution is 0.503. The molecule has 1 fully saturated rings. The Morgan fingerprint density at radius 2 is 1.81 bits per heavy atom. The summed E-state index contributed by atoms with van der Waals surface area (Å²) in [4.78, 5) is 0.720. The monoisotopic (exact) mass is 388 g/mol. The zero-order valence-corrected chi connectivity index (χ0v) is 16.1. The molecule has 136 valence electrons. The van der Waals surface area contributed by atoms with E-state index in [1.54, 1.807) is 30.3 Å². The first-order valence-electron chi connectivity index (χ1n) is 8.73. The number of benzene rings is 2. The van der Waals surface area contributed by atoms with Crippen molar-refractivity contribution < 1.29 is 8.42 Å². The molecule has 3 aromatic rings. The van der Waals surface area contributed by atoms with Crippen LogP contribution in [0.25, 0.3) is 10.9 Å². The zero-order valence-electron chi connectivity index (χ0n) is 14.5. The van der Waals surface area contributed by atoms with Crippen LogP contribution in [0.1, 0.15) is 30.1 Å². The summed E-state index contributed by atoms with van der Waals surface area (Å²) in [6.45, 7) is 0. The number of halogens is 1. The molecule has 0 amide bonds. The van der Waals surface area contributed by atoms with E-state index < -0.39 is 9.84 Å². The fraction of sp³-hybridized carbons (Fsp3) is 0.300. The summed E-state index contributed by atoms with van der Waals surface area (Å²) in [6, 6.07) is 15.1. The summed E-state index contributed by atoms with van der Waals surface area (Å²) in [6.07, 6.45) is 3.35. The molecule has 2 bridgehead atoms. The Hall–Kier alpha value is -1.82. The third-order valence-electron chi connectivity index (χ3n) is 5.73. The van der Waals surface area contributed by atoms with Crippen LogP contribution in [0.5, 0.6) is 0 Å². The molecular weight excluding hydrogens is 368 g/mol. The number of nitrogens with one attached hydrogen (secondary N) is 1. The minimum absolute atomic E-state index is 0. The van der Waals surface area contributed by atoms with E-state index in [1.165, 1.54) is 17.7 Å². The number of aryl methyl sites for hydroxylation is 1. The molecule has 3 heterocycles. The fourth-order valence-electron chi connectivity index (χ4n) is 4.48. The Morgan fingerprint density at radius 1 is 1.04 bits per heavy atom. The molecule has 2 unspecified atom stereocenters. The van der Waals surface area contributed by atoms with E-state index in [9.17, 15) is 8.42 Å². The Balaban J connectivity index is 0.00000168. The number of sulfone groups is 1. The highest BCUT2D eigenvalue weighted by molar-refractivity contribution is 7.91. The first kappa shape index (κ1) is 17.6. The van der Waals surface area contributed by atoms with Gasteiger partial charge in [0.05, 0.1) is 9.79 Å². The molecule has 5 rings (SSSR count). The van der Waals surface area contributed by atoms with Crippen molar-refractivity contribution in [2.45, 2.75) is 41.1 Å². The van der Waals surface area contributed by atoms with Gasteiger partial charge in [-0.1, -0.05) is 18.2 Å². The average molecular weight is 389 g/mol. The van der Waals surface area contributed by atoms with Crippen molar-refractivity contribution >= 4 is 33.1 Å². The van der Waals surface area contributed by atoms with Crippen molar-refractivity contribution in [1.82, 2.24) is 9.88 Å². The number of rotatable bonds is 2. The third-order valence-corrected chi connectivity index (χ3v) is 7.50. The Morgan fingerprint density at radius 3 is 2.58 bits per heavy atom. The Labute approximate surface area is 159 Å². The van der Waals surface area contributed by atoms with Gasteiger partial charge in [-0.3, -0.25) is 0 Å². The van der Waals surface area contributed by atoms with Gasteiger partial charge in [0.1, 0.15) is 0 Å². The largest absolute Gasteiger partial charge is 0.347 e. The number of aromatic nitrogens is 1. The second-order valence-corrected chi connectivity index (χ2v) is 9.06. The molecule has 4 nitrogen and oxygen atoms in total. The molecule has 2 aromatic carbocycles. The molecule has 1 aromatic heterocycles. The molecule has 0 saturated carbocycles. The van der Waals surface area contributed by atoms with Gasteiger partial charge in [0.2, 0.25) is 9.84 Å². The van der Waals surface area contributed by atoms with E-state index in [0.717, 1.165) is 23.7 Å². The van der Waals surface area contributed by atoms with Gasteiger partial charge in [0, 0.05) is 42.1 Å². The van der Waals surface area contributed by atoms with E-state index in [0.29, 0.717) is 21.9 Å². The maximum Gasteiger partial charge on any atom is 0.206 e. The number of nitrogens with zero attached hydrogens (tertiary/aromatic N) is 1. The normalized spacial score (nSPS) is 21.4. The van der Waals surface area contributed by atoms with Gasteiger partial charge < -0.3 is 9.88 Å². The average Bonchev–Trinajstić information content (AvgIpc) is 3.15. The molecule has 2 aliphatic heterocycles. The molecule has 1 N–H and O–H groups in total. The van der Waals surface area contributed by atoms with Gasteiger partial charge in [0.25, 0.3) is 0 Å². The molecule has 2 aliphatic rings. The van der Waals surface area contributed by atoms with Crippen LogP contribution in [-0.4, -0.2) is 19.0 Å². The number of hydrogen-bond acceptors (Lipinski definition) is 3. The molecule has 0 radical (unpaired) electrons. The van der Waals surface area contributed by atoms with E-state index in [4.69, 9.17) is 0 Å². The van der Waals surface area contributed by atoms with Crippen molar-refractivity contribution in [1.29, 1.82) is 0 Å². The second-order valence-electron chi connectivity index (χ2n) is 7.11. The lowest BCUT2D eigenvalue weighted by atomic mass is 9.99. The summed E-state index contributed by atoms with van der Waals surface area (Å²) < 4.78 is 28.2. The molecule has 6 heteroatoms. The highest BCUT2D eigenvalue weighted by atomic mass is 35.5. The predicted octanol–water partition coefficient (Wildman–Crippen LogP) is 3.78. The van der Waals surface area contributed by atoms with Gasteiger partial charge in [0.15, 0.2) is 0 Å². The minimum atomic E-state index is -3.49. The van der Waals surface area contributed by atoms with Crippen LogP contribution in [0.15, 0.2) is 58.3 Å². The molecule has 26 heavy (non-hydrogen) atoms. The molecule has 0 spiro atoms. The van der Waals surface area contributed by atoms with Crippen LogP contribution >= 0.6 is 12.4 Å². The van der Waals surface area contributed by atoms with Crippen LogP contribution < -0.4 is 5.32 Å². The fourth-order valence-corrected chi connectivity index (χ4v) is 5.79. The van der Waals surface area contributed by atoms with Crippen molar-refractivity contribution in [3.8, 4) is 0 Å². The second kappa shape index (κ2) is 6.12. The maximum absolute atomic E-state index is 13.0. The number of hydrogen-bond donors (Lipinski definition) is 1. The van der Waals surface area contributed by atoms with Gasteiger partial charge >= 0.3 is 0 Å². The Bertz CT molecular complexity index is 1090. The summed E-state index contributed by atoms with van der Waals surface area (Å²) in [5.74, 6) is 0. The van der Waals surface area contributed by atoms with Gasteiger partial charge in [-0.2, -0.15) is 0 Å². The SMILES string of the molecule is Cl.Cn1c2c(c3cc(S(=O)(=O)c4ccccc4)ccc31)C1CCC(C2)N1. The summed E-state index contributed by atoms with van der Waals surface area (Å²) in [5.41, 5.74) is 3.78. The smallest absolute Gasteiger partial charge is 0.206 e.